The molecule has 1 aromatic rings. The highest BCUT2D eigenvalue weighted by Crippen LogP contribution is 2.57. The van der Waals surface area contributed by atoms with E-state index in [9.17, 15) is 0 Å². The van der Waals surface area contributed by atoms with E-state index in [2.05, 4.69) is 42.9 Å². The maximum absolute atomic E-state index is 4.50. The second-order valence-electron chi connectivity index (χ2n) is 4.98. The predicted octanol–water partition coefficient (Wildman–Crippen LogP) is 2.44. The van der Waals surface area contributed by atoms with Crippen LogP contribution in [0, 0.1) is 5.41 Å². The molecule has 72 valence electrons. The van der Waals surface area contributed by atoms with Gasteiger partial charge in [-0.1, -0.05) is 27.7 Å². The fourth-order valence-corrected chi connectivity index (χ4v) is 1.64. The van der Waals surface area contributed by atoms with Crippen molar-refractivity contribution in [3.05, 3.63) is 11.6 Å². The van der Waals surface area contributed by atoms with Crippen molar-refractivity contribution in [3.8, 4) is 0 Å². The van der Waals surface area contributed by atoms with Gasteiger partial charge in [0.25, 0.3) is 0 Å². The SMILES string of the molecule is CC(C)c1n[nH]c([C@@H]2CC2(C)C)n1. The van der Waals surface area contributed by atoms with Crippen molar-refractivity contribution in [2.45, 2.75) is 46.0 Å². The van der Waals surface area contributed by atoms with Crippen molar-refractivity contribution in [1.82, 2.24) is 15.2 Å². The van der Waals surface area contributed by atoms with Gasteiger partial charge in [-0.2, -0.15) is 5.10 Å². The molecule has 1 aliphatic carbocycles. The van der Waals surface area contributed by atoms with Crippen molar-refractivity contribution in [2.75, 3.05) is 0 Å². The minimum Gasteiger partial charge on any atom is -0.263 e. The lowest BCUT2D eigenvalue weighted by atomic mass is 10.1. The summed E-state index contributed by atoms with van der Waals surface area (Å²) in [7, 11) is 0. The van der Waals surface area contributed by atoms with Gasteiger partial charge in [-0.3, -0.25) is 5.10 Å². The Balaban J connectivity index is 2.16. The molecule has 0 amide bonds. The number of nitrogens with zero attached hydrogens (tertiary/aromatic N) is 2. The van der Waals surface area contributed by atoms with Crippen LogP contribution in [-0.2, 0) is 0 Å². The van der Waals surface area contributed by atoms with E-state index in [1.807, 2.05) is 0 Å². The normalized spacial score (nSPS) is 25.2. The van der Waals surface area contributed by atoms with Gasteiger partial charge in [0.15, 0.2) is 5.82 Å². The van der Waals surface area contributed by atoms with Gasteiger partial charge < -0.3 is 0 Å². The minimum atomic E-state index is 0.423. The van der Waals surface area contributed by atoms with Crippen LogP contribution >= 0.6 is 0 Å². The molecule has 2 rings (SSSR count). The summed E-state index contributed by atoms with van der Waals surface area (Å²) in [6.07, 6.45) is 1.24. The van der Waals surface area contributed by atoms with Gasteiger partial charge in [0.1, 0.15) is 5.82 Å². The molecule has 1 aromatic heterocycles. The van der Waals surface area contributed by atoms with E-state index in [1.165, 1.54) is 6.42 Å². The number of aromatic amines is 1. The van der Waals surface area contributed by atoms with Crippen LogP contribution in [0.1, 0.15) is 57.6 Å². The molecule has 1 N–H and O–H groups in total. The molecule has 1 aliphatic rings. The number of nitrogens with one attached hydrogen (secondary N) is 1. The monoisotopic (exact) mass is 179 g/mol. The molecular formula is C10H17N3. The van der Waals surface area contributed by atoms with Crippen molar-refractivity contribution in [2.24, 2.45) is 5.41 Å². The maximum Gasteiger partial charge on any atom is 0.153 e. The largest absolute Gasteiger partial charge is 0.263 e. The summed E-state index contributed by atoms with van der Waals surface area (Å²) in [5.41, 5.74) is 0.438. The quantitative estimate of drug-likeness (QED) is 0.757. The molecule has 0 bridgehead atoms. The fraction of sp³-hybridized carbons (Fsp3) is 0.800. The van der Waals surface area contributed by atoms with Crippen molar-refractivity contribution in [3.63, 3.8) is 0 Å². The van der Waals surface area contributed by atoms with E-state index >= 15 is 0 Å². The number of H-pyrrole nitrogens is 1. The molecule has 0 spiro atoms. The minimum absolute atomic E-state index is 0.423. The zero-order valence-corrected chi connectivity index (χ0v) is 8.76. The van der Waals surface area contributed by atoms with Crippen molar-refractivity contribution in [1.29, 1.82) is 0 Å². The molecule has 13 heavy (non-hydrogen) atoms. The summed E-state index contributed by atoms with van der Waals surface area (Å²) in [5, 5.41) is 7.25. The topological polar surface area (TPSA) is 41.6 Å². The molecule has 3 nitrogen and oxygen atoms in total. The fourth-order valence-electron chi connectivity index (χ4n) is 1.64. The Hall–Kier alpha value is -0.860. The zero-order chi connectivity index (χ0) is 9.64. The highest BCUT2D eigenvalue weighted by molar-refractivity contribution is 5.15. The zero-order valence-electron chi connectivity index (χ0n) is 8.76. The van der Waals surface area contributed by atoms with Crippen molar-refractivity contribution < 1.29 is 0 Å². The second-order valence-corrected chi connectivity index (χ2v) is 4.98. The van der Waals surface area contributed by atoms with E-state index < -0.39 is 0 Å². The van der Waals surface area contributed by atoms with Crippen LogP contribution in [0.4, 0.5) is 0 Å². The van der Waals surface area contributed by atoms with Crippen LogP contribution < -0.4 is 0 Å². The molecule has 1 atom stereocenters. The smallest absolute Gasteiger partial charge is 0.153 e. The van der Waals surface area contributed by atoms with Gasteiger partial charge in [-0.05, 0) is 11.8 Å². The Bertz CT molecular complexity index is 312. The van der Waals surface area contributed by atoms with Crippen LogP contribution in [0.2, 0.25) is 0 Å². The molecule has 0 radical (unpaired) electrons. The molecule has 0 saturated heterocycles. The first-order valence-electron chi connectivity index (χ1n) is 4.93. The second kappa shape index (κ2) is 2.56. The van der Waals surface area contributed by atoms with Gasteiger partial charge in [-0.25, -0.2) is 4.98 Å². The first-order valence-corrected chi connectivity index (χ1v) is 4.93. The molecule has 1 heterocycles. The highest BCUT2D eigenvalue weighted by Gasteiger charge is 2.48. The van der Waals surface area contributed by atoms with E-state index in [1.54, 1.807) is 0 Å². The summed E-state index contributed by atoms with van der Waals surface area (Å²) in [5.74, 6) is 3.05. The summed E-state index contributed by atoms with van der Waals surface area (Å²) in [4.78, 5) is 4.50. The molecule has 3 heteroatoms. The summed E-state index contributed by atoms with van der Waals surface area (Å²) in [6.45, 7) is 8.78. The predicted molar refractivity (Wildman–Crippen MR) is 51.6 cm³/mol. The van der Waals surface area contributed by atoms with Gasteiger partial charge in [0, 0.05) is 11.8 Å². The third-order valence-electron chi connectivity index (χ3n) is 2.88. The summed E-state index contributed by atoms with van der Waals surface area (Å²) < 4.78 is 0. The van der Waals surface area contributed by atoms with Crippen LogP contribution in [0.25, 0.3) is 0 Å². The lowest BCUT2D eigenvalue weighted by Crippen LogP contribution is -1.93. The lowest BCUT2D eigenvalue weighted by Gasteiger charge is -1.98. The summed E-state index contributed by atoms with van der Waals surface area (Å²) >= 11 is 0. The Morgan fingerprint density at radius 1 is 1.46 bits per heavy atom. The average Bonchev–Trinajstić information content (AvgIpc) is 2.50. The molecule has 1 fully saturated rings. The number of hydrogen-bond donors (Lipinski definition) is 1. The van der Waals surface area contributed by atoms with Crippen LogP contribution in [0.3, 0.4) is 0 Å². The first kappa shape index (κ1) is 8.73. The number of hydrogen-bond acceptors (Lipinski definition) is 2. The molecular weight excluding hydrogens is 162 g/mol. The van der Waals surface area contributed by atoms with E-state index in [4.69, 9.17) is 0 Å². The Morgan fingerprint density at radius 3 is 2.46 bits per heavy atom. The number of aromatic nitrogens is 3. The van der Waals surface area contributed by atoms with Crippen LogP contribution in [-0.4, -0.2) is 15.2 Å². The van der Waals surface area contributed by atoms with E-state index in [-0.39, 0.29) is 0 Å². The molecule has 1 saturated carbocycles. The Labute approximate surface area is 79.0 Å². The maximum atomic E-state index is 4.50. The Morgan fingerprint density at radius 2 is 2.08 bits per heavy atom. The number of rotatable bonds is 2. The highest BCUT2D eigenvalue weighted by atomic mass is 15.2. The standard InChI is InChI=1S/C10H17N3/c1-6(2)8-11-9(13-12-8)7-5-10(7,3)4/h6-7H,5H2,1-4H3,(H,11,12,13)/t7-/m0/s1. The van der Waals surface area contributed by atoms with Crippen molar-refractivity contribution >= 4 is 0 Å². The molecule has 0 aromatic carbocycles. The molecule has 0 aliphatic heterocycles. The van der Waals surface area contributed by atoms with Gasteiger partial charge in [-0.15, -0.1) is 0 Å². The van der Waals surface area contributed by atoms with E-state index in [0.29, 0.717) is 17.3 Å². The first-order chi connectivity index (χ1) is 6.00. The van der Waals surface area contributed by atoms with Crippen LogP contribution in [0.15, 0.2) is 0 Å². The van der Waals surface area contributed by atoms with E-state index in [0.717, 1.165) is 11.6 Å². The third-order valence-corrected chi connectivity index (χ3v) is 2.88. The van der Waals surface area contributed by atoms with Crippen LogP contribution in [0.5, 0.6) is 0 Å². The third kappa shape index (κ3) is 1.47. The average molecular weight is 179 g/mol. The van der Waals surface area contributed by atoms with Gasteiger partial charge >= 0.3 is 0 Å². The molecule has 0 unspecified atom stereocenters. The van der Waals surface area contributed by atoms with Gasteiger partial charge in [0.2, 0.25) is 0 Å². The Kier molecular flexibility index (Phi) is 1.72. The summed E-state index contributed by atoms with van der Waals surface area (Å²) in [6, 6.07) is 0. The lowest BCUT2D eigenvalue weighted by molar-refractivity contribution is 0.609. The van der Waals surface area contributed by atoms with Gasteiger partial charge in [0.05, 0.1) is 0 Å².